The number of aromatic hydroxyl groups is 1. The van der Waals surface area contributed by atoms with Gasteiger partial charge >= 0.3 is 0 Å². The number of anilines is 1. The highest BCUT2D eigenvalue weighted by atomic mass is 35.5. The first-order valence-corrected chi connectivity index (χ1v) is 11.2. The molecule has 0 aliphatic carbocycles. The first-order valence-electron chi connectivity index (χ1n) is 10.4. The molecule has 5 rings (SSSR count). The predicted molar refractivity (Wildman–Crippen MR) is 133 cm³/mol. The lowest BCUT2D eigenvalue weighted by atomic mass is 10.0. The third-order valence-corrected chi connectivity index (χ3v) is 6.28. The molecule has 2 aromatic carbocycles. The fraction of sp³-hybridized carbons (Fsp3) is 0.120. The molecular weight excluding hydrogens is 456 g/mol. The van der Waals surface area contributed by atoms with Crippen LogP contribution in [0.3, 0.4) is 0 Å². The summed E-state index contributed by atoms with van der Waals surface area (Å²) in [5.74, 6) is 0.880. The molecule has 4 aromatic rings. The van der Waals surface area contributed by atoms with Gasteiger partial charge in [0.05, 0.1) is 24.5 Å². The Hall–Kier alpha value is -3.55. The molecular formula is C25H21ClN4O2S. The number of phenols is 1. The van der Waals surface area contributed by atoms with Gasteiger partial charge in [0.25, 0.3) is 0 Å². The number of aromatic nitrogens is 2. The van der Waals surface area contributed by atoms with Gasteiger partial charge in [-0.15, -0.1) is 0 Å². The predicted octanol–water partition coefficient (Wildman–Crippen LogP) is 5.42. The fourth-order valence-electron chi connectivity index (χ4n) is 4.22. The summed E-state index contributed by atoms with van der Waals surface area (Å²) in [6, 6.07) is 22.1. The van der Waals surface area contributed by atoms with Crippen molar-refractivity contribution >= 4 is 34.6 Å². The minimum atomic E-state index is -0.297. The lowest BCUT2D eigenvalue weighted by molar-refractivity contribution is 0.414. The number of nitrogens with zero attached hydrogens (tertiary/aromatic N) is 3. The average molecular weight is 477 g/mol. The highest BCUT2D eigenvalue weighted by Crippen LogP contribution is 2.45. The molecule has 33 heavy (non-hydrogen) atoms. The maximum Gasteiger partial charge on any atom is 0.174 e. The van der Waals surface area contributed by atoms with E-state index in [1.54, 1.807) is 31.5 Å². The Bertz CT molecular complexity index is 1290. The number of benzene rings is 2. The molecule has 0 radical (unpaired) electrons. The van der Waals surface area contributed by atoms with Crippen LogP contribution >= 0.6 is 23.8 Å². The quantitative estimate of drug-likeness (QED) is 0.375. The van der Waals surface area contributed by atoms with Gasteiger partial charge in [-0.25, -0.2) is 0 Å². The van der Waals surface area contributed by atoms with Crippen molar-refractivity contribution in [2.24, 2.45) is 0 Å². The Balaban J connectivity index is 1.67. The van der Waals surface area contributed by atoms with Crippen LogP contribution in [0.4, 0.5) is 5.69 Å². The minimum absolute atomic E-state index is 0.0952. The van der Waals surface area contributed by atoms with Crippen molar-refractivity contribution in [2.45, 2.75) is 12.1 Å². The maximum atomic E-state index is 10.7. The largest absolute Gasteiger partial charge is 0.506 e. The van der Waals surface area contributed by atoms with Crippen LogP contribution < -0.4 is 15.0 Å². The molecule has 0 spiro atoms. The smallest absolute Gasteiger partial charge is 0.174 e. The van der Waals surface area contributed by atoms with E-state index in [1.165, 1.54) is 0 Å². The van der Waals surface area contributed by atoms with E-state index in [9.17, 15) is 5.11 Å². The molecule has 0 bridgehead atoms. The summed E-state index contributed by atoms with van der Waals surface area (Å²) in [6.45, 7) is 0. The lowest BCUT2D eigenvalue weighted by Gasteiger charge is -2.29. The third-order valence-electron chi connectivity index (χ3n) is 5.73. The third kappa shape index (κ3) is 3.90. The van der Waals surface area contributed by atoms with E-state index in [2.05, 4.69) is 20.9 Å². The van der Waals surface area contributed by atoms with Crippen molar-refractivity contribution in [1.29, 1.82) is 0 Å². The van der Waals surface area contributed by atoms with Crippen LogP contribution in [-0.4, -0.2) is 26.9 Å². The Morgan fingerprint density at radius 2 is 1.88 bits per heavy atom. The van der Waals surface area contributed by atoms with Crippen molar-refractivity contribution in [3.05, 3.63) is 102 Å². The normalized spacial score (nSPS) is 17.8. The zero-order valence-corrected chi connectivity index (χ0v) is 19.3. The zero-order valence-electron chi connectivity index (χ0n) is 17.7. The van der Waals surface area contributed by atoms with E-state index in [1.807, 2.05) is 59.6 Å². The second-order valence-corrected chi connectivity index (χ2v) is 8.45. The Kier molecular flexibility index (Phi) is 5.66. The highest BCUT2D eigenvalue weighted by molar-refractivity contribution is 7.80. The van der Waals surface area contributed by atoms with E-state index in [-0.39, 0.29) is 17.8 Å². The Morgan fingerprint density at radius 3 is 2.61 bits per heavy atom. The van der Waals surface area contributed by atoms with Gasteiger partial charge < -0.3 is 24.6 Å². The molecule has 6 nitrogen and oxygen atoms in total. The van der Waals surface area contributed by atoms with Crippen LogP contribution in [-0.2, 0) is 0 Å². The number of methoxy groups -OCH3 is 1. The topological polar surface area (TPSA) is 62.5 Å². The number of hydrogen-bond donors (Lipinski definition) is 2. The molecule has 2 aromatic heterocycles. The van der Waals surface area contributed by atoms with Crippen LogP contribution in [0.25, 0.3) is 5.69 Å². The van der Waals surface area contributed by atoms with Gasteiger partial charge in [-0.1, -0.05) is 17.7 Å². The molecule has 8 heteroatoms. The fourth-order valence-corrected chi connectivity index (χ4v) is 4.72. The van der Waals surface area contributed by atoms with Gasteiger partial charge in [0.1, 0.15) is 17.5 Å². The standard InChI is InChI=1S/C25H21ClN4O2S/c1-32-18-10-8-17(9-11-18)29-14-4-6-20(29)24-23(19-5-2-3-13-27-19)28-25(33)30(24)21-15-16(26)7-12-22(21)31/h2-15,23-24,31H,1H3,(H,28,33)/t23-,24+/m1/s1. The summed E-state index contributed by atoms with van der Waals surface area (Å²) in [5, 5.41) is 15.1. The van der Waals surface area contributed by atoms with Gasteiger partial charge in [-0.3, -0.25) is 4.98 Å². The average Bonchev–Trinajstić information content (AvgIpc) is 3.45. The van der Waals surface area contributed by atoms with Crippen molar-refractivity contribution < 1.29 is 9.84 Å². The summed E-state index contributed by atoms with van der Waals surface area (Å²) < 4.78 is 7.41. The number of thiocarbonyl (C=S) groups is 1. The lowest BCUT2D eigenvalue weighted by Crippen LogP contribution is -2.30. The molecule has 1 saturated heterocycles. The van der Waals surface area contributed by atoms with E-state index in [0.29, 0.717) is 15.8 Å². The van der Waals surface area contributed by atoms with Gasteiger partial charge in [0.15, 0.2) is 5.11 Å². The molecule has 0 unspecified atom stereocenters. The Morgan fingerprint density at radius 1 is 1.06 bits per heavy atom. The van der Waals surface area contributed by atoms with Crippen LogP contribution in [0.15, 0.2) is 85.2 Å². The molecule has 3 heterocycles. The molecule has 1 aliphatic rings. The van der Waals surface area contributed by atoms with Gasteiger partial charge in [-0.05, 0) is 78.9 Å². The molecule has 2 atom stereocenters. The maximum absolute atomic E-state index is 10.7. The van der Waals surface area contributed by atoms with E-state index < -0.39 is 0 Å². The SMILES string of the molecule is COc1ccc(-n2cccc2[C@H]2[C@@H](c3ccccn3)NC(=S)N2c2cc(Cl)ccc2O)cc1. The zero-order chi connectivity index (χ0) is 22.9. The molecule has 166 valence electrons. The van der Waals surface area contributed by atoms with E-state index in [4.69, 9.17) is 28.6 Å². The van der Waals surface area contributed by atoms with E-state index in [0.717, 1.165) is 22.8 Å². The first kappa shape index (κ1) is 21.3. The number of halogens is 1. The number of pyridine rings is 1. The van der Waals surface area contributed by atoms with E-state index >= 15 is 0 Å². The number of nitrogens with one attached hydrogen (secondary N) is 1. The second-order valence-electron chi connectivity index (χ2n) is 7.63. The van der Waals surface area contributed by atoms with Crippen LogP contribution in [0, 0.1) is 0 Å². The molecule has 2 N–H and O–H groups in total. The van der Waals surface area contributed by atoms with Crippen molar-refractivity contribution in [2.75, 3.05) is 12.0 Å². The number of phenolic OH excluding ortho intramolecular Hbond substituents is 1. The summed E-state index contributed by atoms with van der Waals surface area (Å²) >= 11 is 12.0. The summed E-state index contributed by atoms with van der Waals surface area (Å²) in [5.41, 5.74) is 3.33. The van der Waals surface area contributed by atoms with Crippen LogP contribution in [0.2, 0.25) is 5.02 Å². The molecule has 1 fully saturated rings. The van der Waals surface area contributed by atoms with Crippen molar-refractivity contribution in [1.82, 2.24) is 14.9 Å². The van der Waals surface area contributed by atoms with Gasteiger partial charge in [0, 0.05) is 28.8 Å². The van der Waals surface area contributed by atoms with Crippen LogP contribution in [0.5, 0.6) is 11.5 Å². The summed E-state index contributed by atoms with van der Waals surface area (Å²) in [4.78, 5) is 6.49. The second kappa shape index (κ2) is 8.77. The number of ether oxygens (including phenoxy) is 1. The highest BCUT2D eigenvalue weighted by Gasteiger charge is 2.43. The number of rotatable bonds is 5. The van der Waals surface area contributed by atoms with Crippen LogP contribution in [0.1, 0.15) is 23.5 Å². The first-order chi connectivity index (χ1) is 16.1. The van der Waals surface area contributed by atoms with Crippen molar-refractivity contribution in [3.63, 3.8) is 0 Å². The number of hydrogen-bond acceptors (Lipinski definition) is 4. The van der Waals surface area contributed by atoms with Crippen molar-refractivity contribution in [3.8, 4) is 17.2 Å². The molecule has 0 saturated carbocycles. The summed E-state index contributed by atoms with van der Waals surface area (Å²) in [6.07, 6.45) is 3.77. The molecule has 1 aliphatic heterocycles. The monoisotopic (exact) mass is 476 g/mol. The molecule has 0 amide bonds. The minimum Gasteiger partial charge on any atom is -0.506 e. The summed E-state index contributed by atoms with van der Waals surface area (Å²) in [7, 11) is 1.65. The Labute approximate surface area is 202 Å². The van der Waals surface area contributed by atoms with Gasteiger partial charge in [0.2, 0.25) is 0 Å². The van der Waals surface area contributed by atoms with Gasteiger partial charge in [-0.2, -0.15) is 0 Å².